The van der Waals surface area contributed by atoms with Crippen molar-refractivity contribution in [2.24, 2.45) is 22.3 Å². The van der Waals surface area contributed by atoms with E-state index in [2.05, 4.69) is 9.44 Å². The van der Waals surface area contributed by atoms with Gasteiger partial charge in [-0.2, -0.15) is 0 Å². The number of sulfonamides is 2. The first-order valence-corrected chi connectivity index (χ1v) is 16.2. The maximum atomic E-state index is 13.8. The molecule has 0 saturated carbocycles. The van der Waals surface area contributed by atoms with Gasteiger partial charge in [-0.3, -0.25) is 9.59 Å². The number of benzene rings is 4. The molecule has 0 amide bonds. The molecule has 0 bridgehead atoms. The van der Waals surface area contributed by atoms with Gasteiger partial charge in [0.15, 0.2) is 0 Å². The maximum absolute atomic E-state index is 13.8. The summed E-state index contributed by atoms with van der Waals surface area (Å²) in [6.45, 7) is 4.96. The van der Waals surface area contributed by atoms with E-state index in [1.807, 2.05) is 0 Å². The SMILES string of the molecule is CC(C)(CNS(=O)(=O)c1cc(S(=O)(=O)NCC(C)(C)C(N)C(=O)O)c2ccc3c(O)cc(O)c4ccc1c2c43)C(N)C(=O)O. The fraction of sp³-hybridized carbons (Fsp3) is 0.357. The molecule has 14 nitrogen and oxygen atoms in total. The van der Waals surface area contributed by atoms with Crippen molar-refractivity contribution in [1.29, 1.82) is 0 Å². The van der Waals surface area contributed by atoms with Crippen LogP contribution in [0.4, 0.5) is 0 Å². The zero-order valence-electron chi connectivity index (χ0n) is 24.2. The molecule has 4 aromatic rings. The number of phenols is 2. The largest absolute Gasteiger partial charge is 0.507 e. The molecule has 0 heterocycles. The van der Waals surface area contributed by atoms with Crippen LogP contribution in [0.5, 0.6) is 11.5 Å². The minimum atomic E-state index is -4.56. The zero-order chi connectivity index (χ0) is 33.2. The second kappa shape index (κ2) is 11.0. The number of carbonyl (C=O) groups is 2. The normalized spacial score (nSPS) is 14.8. The van der Waals surface area contributed by atoms with Crippen molar-refractivity contribution < 1.29 is 46.9 Å². The zero-order valence-corrected chi connectivity index (χ0v) is 25.9. The van der Waals surface area contributed by atoms with Crippen LogP contribution in [0.3, 0.4) is 0 Å². The summed E-state index contributed by atoms with van der Waals surface area (Å²) < 4.78 is 60.0. The lowest BCUT2D eigenvalue weighted by molar-refractivity contribution is -0.142. The van der Waals surface area contributed by atoms with Gasteiger partial charge in [0.05, 0.1) is 9.79 Å². The van der Waals surface area contributed by atoms with Gasteiger partial charge in [0.1, 0.15) is 23.6 Å². The fourth-order valence-corrected chi connectivity index (χ4v) is 7.92. The fourth-order valence-electron chi connectivity index (χ4n) is 4.94. The summed E-state index contributed by atoms with van der Waals surface area (Å²) >= 11 is 0. The Morgan fingerprint density at radius 1 is 0.682 bits per heavy atom. The summed E-state index contributed by atoms with van der Waals surface area (Å²) in [7, 11) is -9.12. The molecule has 2 atom stereocenters. The van der Waals surface area contributed by atoms with Crippen molar-refractivity contribution in [3.8, 4) is 11.5 Å². The Balaban J connectivity index is 1.98. The standard InChI is InChI=1S/C28H34N4O10S2/c1-27(2,23(29)25(35)36)11-31-43(39,40)19-10-20(44(41,42)32-12-28(3,4)24(30)26(37)38)16-8-6-14-18(34)9-17(33)13-5-7-15(19)22(16)21(13)14/h5-10,23-24,31-34H,11-12,29-30H2,1-4H3,(H,35,36)(H,37,38). The smallest absolute Gasteiger partial charge is 0.321 e. The highest BCUT2D eigenvalue weighted by Gasteiger charge is 2.36. The summed E-state index contributed by atoms with van der Waals surface area (Å²) in [5.41, 5.74) is 8.99. The molecule has 4 rings (SSSR count). The van der Waals surface area contributed by atoms with Gasteiger partial charge in [-0.25, -0.2) is 26.3 Å². The maximum Gasteiger partial charge on any atom is 0.321 e. The third-order valence-electron chi connectivity index (χ3n) is 8.01. The van der Waals surface area contributed by atoms with Gasteiger partial charge in [0, 0.05) is 62.3 Å². The third-order valence-corrected chi connectivity index (χ3v) is 10.9. The Hall–Kier alpha value is -3.80. The highest BCUT2D eigenvalue weighted by Crippen LogP contribution is 2.45. The van der Waals surface area contributed by atoms with E-state index in [1.54, 1.807) is 0 Å². The van der Waals surface area contributed by atoms with E-state index in [-0.39, 0.29) is 43.8 Å². The number of nitrogens with one attached hydrogen (secondary N) is 2. The van der Waals surface area contributed by atoms with Crippen LogP contribution in [-0.4, -0.2) is 74.4 Å². The van der Waals surface area contributed by atoms with Gasteiger partial charge in [-0.05, 0) is 18.2 Å². The van der Waals surface area contributed by atoms with E-state index in [0.717, 1.165) is 12.1 Å². The molecule has 0 aromatic heterocycles. The Bertz CT molecular complexity index is 1890. The predicted molar refractivity (Wildman–Crippen MR) is 163 cm³/mol. The first-order chi connectivity index (χ1) is 20.1. The molecule has 238 valence electrons. The number of hydrogen-bond donors (Lipinski definition) is 8. The van der Waals surface area contributed by atoms with Crippen molar-refractivity contribution in [2.45, 2.75) is 49.6 Å². The molecule has 0 aliphatic rings. The van der Waals surface area contributed by atoms with Crippen LogP contribution in [0.15, 0.2) is 46.2 Å². The predicted octanol–water partition coefficient (Wildman–Crippen LogP) is 1.43. The van der Waals surface area contributed by atoms with Crippen molar-refractivity contribution in [1.82, 2.24) is 9.44 Å². The van der Waals surface area contributed by atoms with Crippen LogP contribution in [0.1, 0.15) is 27.7 Å². The van der Waals surface area contributed by atoms with Crippen molar-refractivity contribution >= 4 is 64.3 Å². The number of phenolic OH excluding ortho intramolecular Hbond substituents is 2. The molecular weight excluding hydrogens is 616 g/mol. The average Bonchev–Trinajstić information content (AvgIpc) is 2.93. The van der Waals surface area contributed by atoms with Gasteiger partial charge in [0.25, 0.3) is 0 Å². The van der Waals surface area contributed by atoms with Crippen LogP contribution in [-0.2, 0) is 29.6 Å². The Kier molecular flexibility index (Phi) is 8.25. The first kappa shape index (κ1) is 33.1. The number of aromatic hydroxyl groups is 2. The van der Waals surface area contributed by atoms with E-state index in [4.69, 9.17) is 11.5 Å². The number of aliphatic carboxylic acids is 2. The molecule has 0 radical (unpaired) electrons. The van der Waals surface area contributed by atoms with Gasteiger partial charge in [0.2, 0.25) is 20.0 Å². The van der Waals surface area contributed by atoms with E-state index in [0.29, 0.717) is 0 Å². The summed E-state index contributed by atoms with van der Waals surface area (Å²) in [6, 6.07) is 4.85. The van der Waals surface area contributed by atoms with Crippen LogP contribution in [0.25, 0.3) is 32.3 Å². The highest BCUT2D eigenvalue weighted by molar-refractivity contribution is 7.90. The summed E-state index contributed by atoms with van der Waals surface area (Å²) in [4.78, 5) is 22.0. The van der Waals surface area contributed by atoms with Crippen molar-refractivity contribution in [3.63, 3.8) is 0 Å². The number of carboxylic acids is 2. The molecule has 0 spiro atoms. The molecule has 4 aromatic carbocycles. The molecule has 10 N–H and O–H groups in total. The number of hydrogen-bond acceptors (Lipinski definition) is 10. The number of rotatable bonds is 12. The molecule has 0 aliphatic carbocycles. The molecule has 0 aliphatic heterocycles. The van der Waals surface area contributed by atoms with Gasteiger partial charge < -0.3 is 31.9 Å². The van der Waals surface area contributed by atoms with Crippen LogP contribution in [0, 0.1) is 10.8 Å². The second-order valence-electron chi connectivity index (χ2n) is 12.1. The average molecular weight is 651 g/mol. The Morgan fingerprint density at radius 2 is 1.00 bits per heavy atom. The van der Waals surface area contributed by atoms with Gasteiger partial charge in [-0.15, -0.1) is 0 Å². The van der Waals surface area contributed by atoms with Crippen molar-refractivity contribution in [3.05, 3.63) is 36.4 Å². The van der Waals surface area contributed by atoms with Crippen LogP contribution < -0.4 is 20.9 Å². The minimum Gasteiger partial charge on any atom is -0.507 e. The van der Waals surface area contributed by atoms with E-state index >= 15 is 0 Å². The topological polar surface area (TPSA) is 259 Å². The minimum absolute atomic E-state index is 0.0584. The third kappa shape index (κ3) is 5.71. The van der Waals surface area contributed by atoms with Gasteiger partial charge in [-0.1, -0.05) is 39.8 Å². The summed E-state index contributed by atoms with van der Waals surface area (Å²) in [6.07, 6.45) is 0. The molecule has 0 saturated heterocycles. The molecular formula is C28H34N4O10S2. The number of carboxylic acid groups (broad SMARTS) is 2. The molecule has 16 heteroatoms. The summed E-state index contributed by atoms with van der Waals surface area (Å²) in [5, 5.41) is 40.7. The monoisotopic (exact) mass is 650 g/mol. The Labute approximate surface area is 253 Å². The first-order valence-electron chi connectivity index (χ1n) is 13.2. The second-order valence-corrected chi connectivity index (χ2v) is 15.6. The lowest BCUT2D eigenvalue weighted by Crippen LogP contribution is -2.50. The van der Waals surface area contributed by atoms with E-state index in [9.17, 15) is 46.9 Å². The van der Waals surface area contributed by atoms with E-state index in [1.165, 1.54) is 52.0 Å². The number of nitrogens with two attached hydrogens (primary N) is 2. The van der Waals surface area contributed by atoms with Crippen LogP contribution in [0.2, 0.25) is 0 Å². The van der Waals surface area contributed by atoms with E-state index < -0.39 is 77.8 Å². The van der Waals surface area contributed by atoms with Crippen molar-refractivity contribution in [2.75, 3.05) is 13.1 Å². The summed E-state index contributed by atoms with van der Waals surface area (Å²) in [5.74, 6) is -3.35. The highest BCUT2D eigenvalue weighted by atomic mass is 32.2. The lowest BCUT2D eigenvalue weighted by atomic mass is 9.85. The molecule has 44 heavy (non-hydrogen) atoms. The van der Waals surface area contributed by atoms with Gasteiger partial charge >= 0.3 is 11.9 Å². The van der Waals surface area contributed by atoms with Crippen LogP contribution >= 0.6 is 0 Å². The molecule has 2 unspecified atom stereocenters. The molecule has 0 fully saturated rings. The lowest BCUT2D eigenvalue weighted by Gasteiger charge is -2.29. The Morgan fingerprint density at radius 3 is 1.34 bits per heavy atom. The quantitative estimate of drug-likeness (QED) is 0.101.